The van der Waals surface area contributed by atoms with Gasteiger partial charge in [-0.3, -0.25) is 9.69 Å². The van der Waals surface area contributed by atoms with Crippen molar-refractivity contribution >= 4 is 15.9 Å². The first kappa shape index (κ1) is 25.0. The molecule has 7 nitrogen and oxygen atoms in total. The summed E-state index contributed by atoms with van der Waals surface area (Å²) in [7, 11) is -2.46. The first-order chi connectivity index (χ1) is 15.1. The zero-order valence-corrected chi connectivity index (χ0v) is 20.8. The smallest absolute Gasteiger partial charge is 0.255 e. The molecule has 1 aliphatic heterocycles. The minimum absolute atomic E-state index is 0.0214. The number of amides is 1. The lowest BCUT2D eigenvalue weighted by Gasteiger charge is -2.31. The van der Waals surface area contributed by atoms with Crippen molar-refractivity contribution in [2.75, 3.05) is 26.7 Å². The van der Waals surface area contributed by atoms with E-state index in [2.05, 4.69) is 10.2 Å². The lowest BCUT2D eigenvalue weighted by atomic mass is 9.89. The molecule has 3 rings (SSSR count). The third kappa shape index (κ3) is 5.64. The number of nitrogens with zero attached hydrogens (tertiary/aromatic N) is 1. The Morgan fingerprint density at radius 2 is 1.91 bits per heavy atom. The lowest BCUT2D eigenvalue weighted by molar-refractivity contribution is 0.0932. The largest absolute Gasteiger partial charge is 0.496 e. The number of benzene rings is 1. The Morgan fingerprint density at radius 3 is 2.50 bits per heavy atom. The SMILES string of the molecule is COc1c(C(C)C)cc(S(N)(=O)=O)c(C)c1C(=O)NCC1CCCN1CC1CCCCC1. The second-order valence-corrected chi connectivity index (χ2v) is 11.2. The van der Waals surface area contributed by atoms with Gasteiger partial charge in [0.25, 0.3) is 5.91 Å². The van der Waals surface area contributed by atoms with Crippen LogP contribution in [0.25, 0.3) is 0 Å². The number of carbonyl (C=O) groups excluding carboxylic acids is 1. The van der Waals surface area contributed by atoms with Crippen LogP contribution < -0.4 is 15.2 Å². The molecule has 1 aromatic rings. The zero-order valence-electron chi connectivity index (χ0n) is 19.9. The quantitative estimate of drug-likeness (QED) is 0.611. The molecule has 1 unspecified atom stereocenters. The Bertz CT molecular complexity index is 924. The van der Waals surface area contributed by atoms with E-state index in [9.17, 15) is 13.2 Å². The Hall–Kier alpha value is -1.64. The van der Waals surface area contributed by atoms with Crippen LogP contribution in [0.2, 0.25) is 0 Å². The Morgan fingerprint density at radius 1 is 1.22 bits per heavy atom. The second-order valence-electron chi connectivity index (χ2n) is 9.70. The molecule has 1 saturated heterocycles. The molecule has 1 atom stereocenters. The van der Waals surface area contributed by atoms with Crippen LogP contribution in [0.1, 0.15) is 86.2 Å². The van der Waals surface area contributed by atoms with Gasteiger partial charge in [-0.25, -0.2) is 13.6 Å². The number of sulfonamides is 1. The van der Waals surface area contributed by atoms with E-state index in [1.54, 1.807) is 6.92 Å². The van der Waals surface area contributed by atoms with Crippen molar-refractivity contribution in [3.63, 3.8) is 0 Å². The number of rotatable bonds is 8. The second kappa shape index (κ2) is 10.5. The molecule has 0 spiro atoms. The molecule has 0 radical (unpaired) electrons. The molecule has 1 saturated carbocycles. The number of methoxy groups -OCH3 is 1. The molecule has 0 aromatic heterocycles. The summed E-state index contributed by atoms with van der Waals surface area (Å²) < 4.78 is 30.0. The summed E-state index contributed by atoms with van der Waals surface area (Å²) in [6.07, 6.45) is 8.85. The van der Waals surface area contributed by atoms with Gasteiger partial charge in [0.1, 0.15) is 5.75 Å². The first-order valence-electron chi connectivity index (χ1n) is 11.9. The monoisotopic (exact) mass is 465 g/mol. The van der Waals surface area contributed by atoms with Crippen molar-refractivity contribution in [2.24, 2.45) is 11.1 Å². The fourth-order valence-corrected chi connectivity index (χ4v) is 6.16. The van der Waals surface area contributed by atoms with Crippen molar-refractivity contribution < 1.29 is 17.9 Å². The maximum absolute atomic E-state index is 13.3. The van der Waals surface area contributed by atoms with Gasteiger partial charge in [0, 0.05) is 19.1 Å². The molecular formula is C24H39N3O4S. The van der Waals surface area contributed by atoms with Crippen molar-refractivity contribution in [2.45, 2.75) is 82.6 Å². The molecule has 32 heavy (non-hydrogen) atoms. The van der Waals surface area contributed by atoms with Crippen LogP contribution >= 0.6 is 0 Å². The van der Waals surface area contributed by atoms with Gasteiger partial charge in [0.05, 0.1) is 17.6 Å². The van der Waals surface area contributed by atoms with Crippen LogP contribution in [-0.2, 0) is 10.0 Å². The Kier molecular flexibility index (Phi) is 8.22. The number of likely N-dealkylation sites (tertiary alicyclic amines) is 1. The van der Waals surface area contributed by atoms with Crippen LogP contribution in [0.4, 0.5) is 0 Å². The molecule has 1 amide bonds. The van der Waals surface area contributed by atoms with Crippen molar-refractivity contribution in [1.29, 1.82) is 0 Å². The number of nitrogens with one attached hydrogen (secondary N) is 1. The number of hydrogen-bond acceptors (Lipinski definition) is 5. The molecule has 1 heterocycles. The van der Waals surface area contributed by atoms with Crippen LogP contribution in [0.5, 0.6) is 5.75 Å². The van der Waals surface area contributed by atoms with E-state index in [0.717, 1.165) is 31.8 Å². The van der Waals surface area contributed by atoms with E-state index in [4.69, 9.17) is 9.88 Å². The Balaban J connectivity index is 1.80. The molecule has 180 valence electrons. The fraction of sp³-hybridized carbons (Fsp3) is 0.708. The molecule has 3 N–H and O–H groups in total. The first-order valence-corrected chi connectivity index (χ1v) is 13.4. The average molecular weight is 466 g/mol. The van der Waals surface area contributed by atoms with Gasteiger partial charge in [-0.05, 0) is 68.2 Å². The van der Waals surface area contributed by atoms with Gasteiger partial charge in [-0.1, -0.05) is 33.1 Å². The van der Waals surface area contributed by atoms with E-state index in [-0.39, 0.29) is 22.3 Å². The van der Waals surface area contributed by atoms with Crippen LogP contribution in [0.15, 0.2) is 11.0 Å². The van der Waals surface area contributed by atoms with E-state index < -0.39 is 10.0 Å². The molecule has 0 bridgehead atoms. The van der Waals surface area contributed by atoms with Gasteiger partial charge in [0.15, 0.2) is 0 Å². The van der Waals surface area contributed by atoms with Crippen LogP contribution in [0, 0.1) is 12.8 Å². The molecule has 1 aliphatic carbocycles. The van der Waals surface area contributed by atoms with Crippen LogP contribution in [0.3, 0.4) is 0 Å². The summed E-state index contributed by atoms with van der Waals surface area (Å²) in [5.74, 6) is 0.852. The van der Waals surface area contributed by atoms with Gasteiger partial charge in [0.2, 0.25) is 10.0 Å². The highest BCUT2D eigenvalue weighted by Gasteiger charge is 2.30. The number of primary sulfonamides is 1. The number of ether oxygens (including phenoxy) is 1. The summed E-state index contributed by atoms with van der Waals surface area (Å²) in [5.41, 5.74) is 1.25. The van der Waals surface area contributed by atoms with E-state index in [1.807, 2.05) is 13.8 Å². The molecule has 2 fully saturated rings. The van der Waals surface area contributed by atoms with Gasteiger partial charge in [-0.15, -0.1) is 0 Å². The molecular weight excluding hydrogens is 426 g/mol. The summed E-state index contributed by atoms with van der Waals surface area (Å²) in [5, 5.41) is 8.53. The summed E-state index contributed by atoms with van der Waals surface area (Å²) in [4.78, 5) is 15.8. The third-order valence-electron chi connectivity index (χ3n) is 7.09. The average Bonchev–Trinajstić information content (AvgIpc) is 3.17. The highest BCUT2D eigenvalue weighted by atomic mass is 32.2. The van der Waals surface area contributed by atoms with E-state index in [0.29, 0.717) is 29.5 Å². The lowest BCUT2D eigenvalue weighted by Crippen LogP contribution is -2.42. The molecule has 1 aromatic carbocycles. The molecule has 8 heteroatoms. The predicted molar refractivity (Wildman–Crippen MR) is 127 cm³/mol. The van der Waals surface area contributed by atoms with Crippen LogP contribution in [-0.4, -0.2) is 52.0 Å². The van der Waals surface area contributed by atoms with Crippen molar-refractivity contribution in [1.82, 2.24) is 10.2 Å². The third-order valence-corrected chi connectivity index (χ3v) is 8.13. The summed E-state index contributed by atoms with van der Waals surface area (Å²) in [6, 6.07) is 1.85. The van der Waals surface area contributed by atoms with Crippen molar-refractivity contribution in [3.8, 4) is 5.75 Å². The van der Waals surface area contributed by atoms with Crippen molar-refractivity contribution in [3.05, 3.63) is 22.8 Å². The normalized spacial score (nSPS) is 20.6. The summed E-state index contributed by atoms with van der Waals surface area (Å²) in [6.45, 7) is 8.23. The Labute approximate surface area is 193 Å². The maximum atomic E-state index is 13.3. The standard InChI is InChI=1S/C24H39N3O4S/c1-16(2)20-13-21(32(25,29)30)17(3)22(23(20)31-4)24(28)26-14-19-11-8-12-27(19)15-18-9-6-5-7-10-18/h13,16,18-19H,5-12,14-15H2,1-4H3,(H,26,28)(H2,25,29,30). The van der Waals surface area contributed by atoms with E-state index >= 15 is 0 Å². The highest BCUT2D eigenvalue weighted by Crippen LogP contribution is 2.36. The summed E-state index contributed by atoms with van der Waals surface area (Å²) >= 11 is 0. The topological polar surface area (TPSA) is 102 Å². The fourth-order valence-electron chi connectivity index (χ4n) is 5.34. The predicted octanol–water partition coefficient (Wildman–Crippen LogP) is 3.55. The zero-order chi connectivity index (χ0) is 23.5. The number of carbonyl (C=O) groups is 1. The maximum Gasteiger partial charge on any atom is 0.255 e. The number of nitrogens with two attached hydrogens (primary N) is 1. The van der Waals surface area contributed by atoms with E-state index in [1.165, 1.54) is 45.3 Å². The van der Waals surface area contributed by atoms with Gasteiger partial charge < -0.3 is 10.1 Å². The minimum atomic E-state index is -3.97. The van der Waals surface area contributed by atoms with Gasteiger partial charge in [-0.2, -0.15) is 0 Å². The highest BCUT2D eigenvalue weighted by molar-refractivity contribution is 7.89. The minimum Gasteiger partial charge on any atom is -0.496 e. The van der Waals surface area contributed by atoms with Gasteiger partial charge >= 0.3 is 0 Å². The molecule has 2 aliphatic rings. The number of hydrogen-bond donors (Lipinski definition) is 2.